The smallest absolute Gasteiger partial charge is 0.257 e. The number of carbonyl (C=O) groups excluding carboxylic acids is 2. The average Bonchev–Trinajstić information content (AvgIpc) is 2.90. The molecule has 0 saturated carbocycles. The van der Waals surface area contributed by atoms with E-state index in [9.17, 15) is 14.0 Å². The topological polar surface area (TPSA) is 58.4 Å². The molecule has 26 heavy (non-hydrogen) atoms. The standard InChI is InChI=1S/C19H29FN4O2/c1-13(2)17(20)18(26)23-7-5-6-19(10-23)11-24(12-19)16(25)8-15-14(3)9-21-22(15)4/h9,13,17H,5-8,10-12H2,1-4H3. The molecule has 0 bridgehead atoms. The van der Waals surface area contributed by atoms with Crippen LogP contribution in [0.25, 0.3) is 0 Å². The largest absolute Gasteiger partial charge is 0.341 e. The van der Waals surface area contributed by atoms with Crippen LogP contribution in [-0.4, -0.2) is 63.7 Å². The molecule has 0 radical (unpaired) electrons. The predicted octanol–water partition coefficient (Wildman–Crippen LogP) is 1.72. The molecule has 144 valence electrons. The van der Waals surface area contributed by atoms with Crippen molar-refractivity contribution >= 4 is 11.8 Å². The summed E-state index contributed by atoms with van der Waals surface area (Å²) in [6, 6.07) is 0. The van der Waals surface area contributed by atoms with E-state index in [1.807, 2.05) is 18.9 Å². The van der Waals surface area contributed by atoms with Crippen LogP contribution < -0.4 is 0 Å². The Morgan fingerprint density at radius 2 is 1.92 bits per heavy atom. The summed E-state index contributed by atoms with van der Waals surface area (Å²) in [5, 5.41) is 4.18. The molecule has 1 atom stereocenters. The van der Waals surface area contributed by atoms with Gasteiger partial charge in [0.05, 0.1) is 18.3 Å². The second kappa shape index (κ2) is 7.00. The number of likely N-dealkylation sites (tertiary alicyclic amines) is 2. The minimum absolute atomic E-state index is 0.0538. The lowest BCUT2D eigenvalue weighted by molar-refractivity contribution is -0.154. The highest BCUT2D eigenvalue weighted by Gasteiger charge is 2.48. The number of hydrogen-bond donors (Lipinski definition) is 0. The SMILES string of the molecule is Cc1cnn(C)c1CC(=O)N1CC2(CCCN(C(=O)C(F)C(C)C)C2)C1. The van der Waals surface area contributed by atoms with Crippen LogP contribution in [-0.2, 0) is 23.1 Å². The van der Waals surface area contributed by atoms with E-state index in [1.165, 1.54) is 0 Å². The fourth-order valence-electron chi connectivity index (χ4n) is 4.14. The quantitative estimate of drug-likeness (QED) is 0.817. The van der Waals surface area contributed by atoms with Gasteiger partial charge in [0.2, 0.25) is 5.91 Å². The highest BCUT2D eigenvalue weighted by atomic mass is 19.1. The Kier molecular flexibility index (Phi) is 5.08. The van der Waals surface area contributed by atoms with Gasteiger partial charge in [-0.05, 0) is 31.2 Å². The van der Waals surface area contributed by atoms with Crippen molar-refractivity contribution < 1.29 is 14.0 Å². The van der Waals surface area contributed by atoms with Gasteiger partial charge in [-0.3, -0.25) is 14.3 Å². The third-order valence-corrected chi connectivity index (χ3v) is 5.79. The predicted molar refractivity (Wildman–Crippen MR) is 96.2 cm³/mol. The van der Waals surface area contributed by atoms with Crippen LogP contribution in [0.2, 0.25) is 0 Å². The van der Waals surface area contributed by atoms with Crippen molar-refractivity contribution in [1.29, 1.82) is 0 Å². The molecule has 1 aromatic rings. The van der Waals surface area contributed by atoms with Crippen molar-refractivity contribution in [3.63, 3.8) is 0 Å². The number of nitrogens with zero attached hydrogens (tertiary/aromatic N) is 4. The number of halogens is 1. The summed E-state index contributed by atoms with van der Waals surface area (Å²) in [5.41, 5.74) is 1.91. The van der Waals surface area contributed by atoms with Gasteiger partial charge in [-0.25, -0.2) is 4.39 Å². The number of hydrogen-bond acceptors (Lipinski definition) is 3. The average molecular weight is 364 g/mol. The van der Waals surface area contributed by atoms with Gasteiger partial charge in [-0.2, -0.15) is 5.10 Å². The molecule has 2 saturated heterocycles. The van der Waals surface area contributed by atoms with E-state index in [-0.39, 0.29) is 17.2 Å². The van der Waals surface area contributed by atoms with Gasteiger partial charge < -0.3 is 9.80 Å². The number of rotatable bonds is 4. The minimum Gasteiger partial charge on any atom is -0.341 e. The van der Waals surface area contributed by atoms with Gasteiger partial charge in [0.25, 0.3) is 5.91 Å². The molecule has 0 N–H and O–H groups in total. The van der Waals surface area contributed by atoms with Crippen LogP contribution in [0.1, 0.15) is 37.9 Å². The molecule has 1 unspecified atom stereocenters. The molecule has 0 aromatic carbocycles. The van der Waals surface area contributed by atoms with Crippen LogP contribution in [0.3, 0.4) is 0 Å². The normalized spacial score (nSPS) is 20.4. The molecule has 2 aliphatic rings. The van der Waals surface area contributed by atoms with E-state index in [4.69, 9.17) is 0 Å². The van der Waals surface area contributed by atoms with Crippen LogP contribution in [0.15, 0.2) is 6.20 Å². The van der Waals surface area contributed by atoms with E-state index in [0.717, 1.165) is 24.1 Å². The molecule has 2 amide bonds. The number of alkyl halides is 1. The third-order valence-electron chi connectivity index (χ3n) is 5.79. The number of amides is 2. The Morgan fingerprint density at radius 1 is 1.27 bits per heavy atom. The van der Waals surface area contributed by atoms with E-state index in [1.54, 1.807) is 29.6 Å². The van der Waals surface area contributed by atoms with Crippen LogP contribution in [0, 0.1) is 18.3 Å². The first-order valence-corrected chi connectivity index (χ1v) is 9.40. The van der Waals surface area contributed by atoms with Crippen LogP contribution in [0.5, 0.6) is 0 Å². The molecule has 0 aliphatic carbocycles. The van der Waals surface area contributed by atoms with Gasteiger partial charge >= 0.3 is 0 Å². The first-order chi connectivity index (χ1) is 12.2. The van der Waals surface area contributed by atoms with Crippen LogP contribution >= 0.6 is 0 Å². The summed E-state index contributed by atoms with van der Waals surface area (Å²) < 4.78 is 15.9. The molecule has 2 aliphatic heterocycles. The molecule has 7 heteroatoms. The minimum atomic E-state index is -1.43. The van der Waals surface area contributed by atoms with E-state index in [0.29, 0.717) is 32.6 Å². The van der Waals surface area contributed by atoms with E-state index in [2.05, 4.69) is 5.10 Å². The van der Waals surface area contributed by atoms with Crippen LogP contribution in [0.4, 0.5) is 4.39 Å². The number of aromatic nitrogens is 2. The van der Waals surface area contributed by atoms with Crippen molar-refractivity contribution in [3.8, 4) is 0 Å². The third kappa shape index (κ3) is 3.48. The summed E-state index contributed by atoms with van der Waals surface area (Å²) >= 11 is 0. The Morgan fingerprint density at radius 3 is 2.50 bits per heavy atom. The Bertz CT molecular complexity index is 674. The highest BCUT2D eigenvalue weighted by Crippen LogP contribution is 2.39. The van der Waals surface area contributed by atoms with Gasteiger partial charge in [0.15, 0.2) is 6.17 Å². The maximum Gasteiger partial charge on any atom is 0.257 e. The zero-order valence-corrected chi connectivity index (χ0v) is 16.2. The zero-order chi connectivity index (χ0) is 19.1. The summed E-state index contributed by atoms with van der Waals surface area (Å²) in [5.74, 6) is -0.604. The molecule has 2 fully saturated rings. The molecular formula is C19H29FN4O2. The second-order valence-electron chi connectivity index (χ2n) is 8.33. The van der Waals surface area contributed by atoms with Crippen molar-refractivity contribution in [2.75, 3.05) is 26.2 Å². The maximum absolute atomic E-state index is 14.1. The van der Waals surface area contributed by atoms with Crippen molar-refractivity contribution in [2.45, 2.75) is 46.2 Å². The summed E-state index contributed by atoms with van der Waals surface area (Å²) in [4.78, 5) is 28.4. The summed E-state index contributed by atoms with van der Waals surface area (Å²) in [7, 11) is 1.85. The number of aryl methyl sites for hydroxylation is 2. The van der Waals surface area contributed by atoms with Gasteiger partial charge in [-0.15, -0.1) is 0 Å². The van der Waals surface area contributed by atoms with Crippen molar-refractivity contribution in [2.24, 2.45) is 18.4 Å². The number of piperidine rings is 1. The Balaban J connectivity index is 1.57. The van der Waals surface area contributed by atoms with Crippen molar-refractivity contribution in [1.82, 2.24) is 19.6 Å². The lowest BCUT2D eigenvalue weighted by Gasteiger charge is -2.54. The fourth-order valence-corrected chi connectivity index (χ4v) is 4.14. The zero-order valence-electron chi connectivity index (χ0n) is 16.2. The number of carbonyl (C=O) groups is 2. The molecule has 1 aromatic heterocycles. The fraction of sp³-hybridized carbons (Fsp3) is 0.737. The first-order valence-electron chi connectivity index (χ1n) is 9.40. The lowest BCUT2D eigenvalue weighted by atomic mass is 9.73. The maximum atomic E-state index is 14.1. The van der Waals surface area contributed by atoms with Gasteiger partial charge in [-0.1, -0.05) is 13.8 Å². The summed E-state index contributed by atoms with van der Waals surface area (Å²) in [6.45, 7) is 7.92. The van der Waals surface area contributed by atoms with Gasteiger partial charge in [0, 0.05) is 38.6 Å². The first kappa shape index (κ1) is 18.9. The lowest BCUT2D eigenvalue weighted by Crippen LogP contribution is -2.65. The molecule has 6 nitrogen and oxygen atoms in total. The molecule has 3 heterocycles. The van der Waals surface area contributed by atoms with Crippen molar-refractivity contribution in [3.05, 3.63) is 17.5 Å². The monoisotopic (exact) mass is 364 g/mol. The van der Waals surface area contributed by atoms with E-state index >= 15 is 0 Å². The van der Waals surface area contributed by atoms with Gasteiger partial charge in [0.1, 0.15) is 0 Å². The second-order valence-corrected chi connectivity index (χ2v) is 8.33. The molecule has 3 rings (SSSR count). The molecule has 1 spiro atoms. The Labute approximate surface area is 154 Å². The summed E-state index contributed by atoms with van der Waals surface area (Å²) in [6.07, 6.45) is 2.55. The molecular weight excluding hydrogens is 335 g/mol. The highest BCUT2D eigenvalue weighted by molar-refractivity contribution is 5.82. The Hall–Kier alpha value is -1.92. The van der Waals surface area contributed by atoms with E-state index < -0.39 is 12.1 Å².